The first-order valence-corrected chi connectivity index (χ1v) is 8.51. The molecule has 0 radical (unpaired) electrons. The second kappa shape index (κ2) is 6.99. The van der Waals surface area contributed by atoms with E-state index in [9.17, 15) is 24.8 Å². The van der Waals surface area contributed by atoms with Crippen molar-refractivity contribution in [2.75, 3.05) is 20.3 Å². The van der Waals surface area contributed by atoms with Crippen molar-refractivity contribution in [3.05, 3.63) is 10.1 Å². The summed E-state index contributed by atoms with van der Waals surface area (Å²) < 4.78 is 15.8. The molecule has 0 aromatic rings. The molecule has 0 aliphatic carbocycles. The highest BCUT2D eigenvalue weighted by Crippen LogP contribution is 2.53. The zero-order valence-electron chi connectivity index (χ0n) is 15.6. The maximum Gasteiger partial charge on any atom is 0.411 e. The van der Waals surface area contributed by atoms with Gasteiger partial charge in [-0.3, -0.25) is 19.8 Å². The number of carbonyl (C=O) groups is 2. The Hall–Kier alpha value is -1.94. The van der Waals surface area contributed by atoms with Gasteiger partial charge in [-0.15, -0.1) is 0 Å². The maximum absolute atomic E-state index is 12.8. The van der Waals surface area contributed by atoms with Crippen molar-refractivity contribution < 1.29 is 33.8 Å². The molecule has 2 fully saturated rings. The fourth-order valence-corrected chi connectivity index (χ4v) is 4.18. The maximum atomic E-state index is 12.8. The van der Waals surface area contributed by atoms with Gasteiger partial charge in [0.15, 0.2) is 5.92 Å². The minimum absolute atomic E-state index is 0.0238. The van der Waals surface area contributed by atoms with E-state index in [4.69, 9.17) is 14.2 Å². The second-order valence-corrected chi connectivity index (χ2v) is 7.53. The van der Waals surface area contributed by atoms with E-state index in [-0.39, 0.29) is 13.0 Å². The van der Waals surface area contributed by atoms with Crippen LogP contribution in [0.3, 0.4) is 0 Å². The summed E-state index contributed by atoms with van der Waals surface area (Å²) in [6.07, 6.45) is -1.46. The molecule has 2 heterocycles. The van der Waals surface area contributed by atoms with Gasteiger partial charge in [0.25, 0.3) is 0 Å². The number of ether oxygens (including phenoxy) is 3. The van der Waals surface area contributed by atoms with Crippen molar-refractivity contribution in [3.8, 4) is 0 Å². The fourth-order valence-electron chi connectivity index (χ4n) is 4.18. The predicted molar refractivity (Wildman–Crippen MR) is 88.0 cm³/mol. The summed E-state index contributed by atoms with van der Waals surface area (Å²) in [5.74, 6) is -2.18. The average Bonchev–Trinajstić information content (AvgIpc) is 3.01. The molecule has 1 amide bonds. The highest BCUT2D eigenvalue weighted by Gasteiger charge is 2.77. The van der Waals surface area contributed by atoms with Crippen LogP contribution in [0.1, 0.15) is 34.1 Å². The Kier molecular flexibility index (Phi) is 5.48. The zero-order chi connectivity index (χ0) is 19.9. The number of fused-ring (bicyclic) bond motifs is 2. The van der Waals surface area contributed by atoms with Gasteiger partial charge in [0.05, 0.1) is 19.3 Å². The molecular formula is C16H26N2O8. The van der Waals surface area contributed by atoms with Gasteiger partial charge >= 0.3 is 12.1 Å². The Morgan fingerprint density at radius 1 is 1.38 bits per heavy atom. The summed E-state index contributed by atoms with van der Waals surface area (Å²) in [6, 6.07) is -2.34. The van der Waals surface area contributed by atoms with Crippen LogP contribution in [0.25, 0.3) is 0 Å². The van der Waals surface area contributed by atoms with E-state index in [0.717, 1.165) is 4.90 Å². The lowest BCUT2D eigenvalue weighted by Crippen LogP contribution is -2.62. The summed E-state index contributed by atoms with van der Waals surface area (Å²) in [5.41, 5.74) is -2.45. The Morgan fingerprint density at radius 2 is 2.00 bits per heavy atom. The smallest absolute Gasteiger partial charge is 0.411 e. The standard InChI is InChI=1S/C16H26N2O8/c1-6-25-13(20)11-12(18(22)23)9-7-10(24-5)16(11,8-19)17(9)14(21)26-15(2,3)4/h9-12,19H,6-8H2,1-5H3. The molecule has 148 valence electrons. The number of carbonyl (C=O) groups excluding carboxylic acids is 2. The van der Waals surface area contributed by atoms with E-state index < -0.39 is 58.8 Å². The fraction of sp³-hybridized carbons (Fsp3) is 0.875. The van der Waals surface area contributed by atoms with Crippen LogP contribution in [0.2, 0.25) is 0 Å². The Labute approximate surface area is 151 Å². The van der Waals surface area contributed by atoms with Crippen LogP contribution in [-0.4, -0.2) is 76.6 Å². The molecule has 5 atom stereocenters. The third-order valence-corrected chi connectivity index (χ3v) is 4.98. The van der Waals surface area contributed by atoms with Crippen LogP contribution in [0, 0.1) is 16.0 Å². The van der Waals surface area contributed by atoms with E-state index in [2.05, 4.69) is 0 Å². The van der Waals surface area contributed by atoms with Crippen molar-refractivity contribution in [1.29, 1.82) is 0 Å². The first-order chi connectivity index (χ1) is 12.0. The quantitative estimate of drug-likeness (QED) is 0.420. The van der Waals surface area contributed by atoms with Crippen molar-refractivity contribution in [1.82, 2.24) is 4.90 Å². The molecule has 2 bridgehead atoms. The molecule has 10 nitrogen and oxygen atoms in total. The Balaban J connectivity index is 2.56. The molecular weight excluding hydrogens is 348 g/mol. The molecule has 2 rings (SSSR count). The molecule has 0 aromatic carbocycles. The molecule has 0 spiro atoms. The van der Waals surface area contributed by atoms with Gasteiger partial charge in [0.1, 0.15) is 17.2 Å². The molecule has 5 unspecified atom stereocenters. The number of rotatable bonds is 5. The number of nitrogens with zero attached hydrogens (tertiary/aromatic N) is 2. The van der Waals surface area contributed by atoms with E-state index in [1.165, 1.54) is 7.11 Å². The van der Waals surface area contributed by atoms with Gasteiger partial charge in [-0.25, -0.2) is 4.79 Å². The monoisotopic (exact) mass is 374 g/mol. The van der Waals surface area contributed by atoms with Gasteiger partial charge in [-0.2, -0.15) is 0 Å². The molecule has 0 aromatic heterocycles. The average molecular weight is 374 g/mol. The van der Waals surface area contributed by atoms with Crippen molar-refractivity contribution in [3.63, 3.8) is 0 Å². The Morgan fingerprint density at radius 3 is 2.42 bits per heavy atom. The normalized spacial score (nSPS) is 33.2. The topological polar surface area (TPSA) is 128 Å². The van der Waals surface area contributed by atoms with Crippen LogP contribution < -0.4 is 0 Å². The lowest BCUT2D eigenvalue weighted by atomic mass is 9.73. The number of aliphatic hydroxyl groups excluding tert-OH is 1. The highest BCUT2D eigenvalue weighted by atomic mass is 16.6. The first kappa shape index (κ1) is 20.4. The largest absolute Gasteiger partial charge is 0.466 e. The van der Waals surface area contributed by atoms with Gasteiger partial charge in [-0.1, -0.05) is 0 Å². The SMILES string of the molecule is CCOC(=O)C1C([N+](=O)[O-])C2CC(OC)C1(CO)N2C(=O)OC(C)(C)C. The molecule has 0 saturated carbocycles. The number of methoxy groups -OCH3 is 1. The number of hydrogen-bond donors (Lipinski definition) is 1. The number of amides is 1. The number of nitro groups is 1. The van der Waals surface area contributed by atoms with Gasteiger partial charge in [0.2, 0.25) is 6.04 Å². The molecule has 1 N–H and O–H groups in total. The van der Waals surface area contributed by atoms with Crippen LogP contribution in [-0.2, 0) is 19.0 Å². The van der Waals surface area contributed by atoms with Crippen LogP contribution in [0.15, 0.2) is 0 Å². The summed E-state index contributed by atoms with van der Waals surface area (Å²) >= 11 is 0. The van der Waals surface area contributed by atoms with Gasteiger partial charge < -0.3 is 19.3 Å². The van der Waals surface area contributed by atoms with Crippen molar-refractivity contribution >= 4 is 12.1 Å². The number of hydrogen-bond acceptors (Lipinski definition) is 8. The predicted octanol–water partition coefficient (Wildman–Crippen LogP) is 0.580. The van der Waals surface area contributed by atoms with Gasteiger partial charge in [-0.05, 0) is 27.7 Å². The summed E-state index contributed by atoms with van der Waals surface area (Å²) in [6.45, 7) is 5.91. The third-order valence-electron chi connectivity index (χ3n) is 4.98. The van der Waals surface area contributed by atoms with Crippen LogP contribution in [0.4, 0.5) is 4.79 Å². The summed E-state index contributed by atoms with van der Waals surface area (Å²) in [4.78, 5) is 37.6. The van der Waals surface area contributed by atoms with E-state index >= 15 is 0 Å². The number of aliphatic hydroxyl groups is 1. The minimum atomic E-state index is -1.61. The van der Waals surface area contributed by atoms with Crippen molar-refractivity contribution in [2.24, 2.45) is 5.92 Å². The molecule has 26 heavy (non-hydrogen) atoms. The Bertz CT molecular complexity index is 589. The minimum Gasteiger partial charge on any atom is -0.466 e. The summed E-state index contributed by atoms with van der Waals surface area (Å²) in [7, 11) is 1.37. The van der Waals surface area contributed by atoms with E-state index in [0.29, 0.717) is 0 Å². The van der Waals surface area contributed by atoms with Crippen LogP contribution >= 0.6 is 0 Å². The third kappa shape index (κ3) is 3.01. The van der Waals surface area contributed by atoms with E-state index in [1.54, 1.807) is 27.7 Å². The molecule has 2 saturated heterocycles. The first-order valence-electron chi connectivity index (χ1n) is 8.51. The molecule has 2 aliphatic rings. The lowest BCUT2D eigenvalue weighted by Gasteiger charge is -2.40. The van der Waals surface area contributed by atoms with Crippen molar-refractivity contribution in [2.45, 2.75) is 63.4 Å². The zero-order valence-corrected chi connectivity index (χ0v) is 15.6. The highest BCUT2D eigenvalue weighted by molar-refractivity contribution is 5.81. The van der Waals surface area contributed by atoms with Gasteiger partial charge in [0, 0.05) is 18.5 Å². The van der Waals surface area contributed by atoms with E-state index in [1.807, 2.05) is 0 Å². The lowest BCUT2D eigenvalue weighted by molar-refractivity contribution is -0.533. The van der Waals surface area contributed by atoms with Crippen LogP contribution in [0.5, 0.6) is 0 Å². The summed E-state index contributed by atoms with van der Waals surface area (Å²) in [5, 5.41) is 21.9. The second-order valence-electron chi connectivity index (χ2n) is 7.53. The molecule has 2 aliphatic heterocycles. The molecule has 10 heteroatoms. The number of esters is 1.